The summed E-state index contributed by atoms with van der Waals surface area (Å²) in [6.07, 6.45) is 5.12. The lowest BCUT2D eigenvalue weighted by Gasteiger charge is -2.10. The van der Waals surface area contributed by atoms with Crippen LogP contribution in [0.4, 0.5) is 5.69 Å². The molecule has 140 valence electrons. The number of ether oxygens (including phenoxy) is 2. The van der Waals surface area contributed by atoms with Crippen molar-refractivity contribution in [2.75, 3.05) is 13.2 Å². The first kappa shape index (κ1) is 19.0. The van der Waals surface area contributed by atoms with Gasteiger partial charge in [-0.1, -0.05) is 44.5 Å². The van der Waals surface area contributed by atoms with E-state index >= 15 is 0 Å². The molecule has 0 saturated carbocycles. The Kier molecular flexibility index (Phi) is 6.86. The van der Waals surface area contributed by atoms with Gasteiger partial charge in [-0.05, 0) is 54.6 Å². The predicted octanol–water partition coefficient (Wildman–Crippen LogP) is 6.56. The Morgan fingerprint density at radius 3 is 2.30 bits per heavy atom. The number of rotatable bonds is 9. The van der Waals surface area contributed by atoms with Crippen LogP contribution >= 0.6 is 0 Å². The topological polar surface area (TPSA) is 30.8 Å². The molecule has 0 heterocycles. The molecule has 3 aromatic rings. The summed E-state index contributed by atoms with van der Waals surface area (Å²) in [6.45, 7) is 5.76. The monoisotopic (exact) mass is 361 g/mol. The summed E-state index contributed by atoms with van der Waals surface area (Å²) in [7, 11) is 0. The molecule has 0 aromatic heterocycles. The highest BCUT2D eigenvalue weighted by molar-refractivity contribution is 6.02. The number of hydrogen-bond donors (Lipinski definition) is 0. The molecule has 0 N–H and O–H groups in total. The molecule has 27 heavy (non-hydrogen) atoms. The zero-order valence-corrected chi connectivity index (χ0v) is 16.2. The van der Waals surface area contributed by atoms with E-state index in [2.05, 4.69) is 37.0 Å². The number of unbranched alkanes of at least 4 members (excludes halogenated alkanes) is 1. The summed E-state index contributed by atoms with van der Waals surface area (Å²) in [4.78, 5) is 4.63. The molecule has 0 atom stereocenters. The Balaban J connectivity index is 1.78. The van der Waals surface area contributed by atoms with E-state index in [1.165, 1.54) is 0 Å². The van der Waals surface area contributed by atoms with Crippen LogP contribution in [0.1, 0.15) is 38.7 Å². The Morgan fingerprint density at radius 2 is 1.56 bits per heavy atom. The Labute approximate surface area is 161 Å². The summed E-state index contributed by atoms with van der Waals surface area (Å²) < 4.78 is 11.6. The molecule has 0 unspecified atom stereocenters. The van der Waals surface area contributed by atoms with E-state index in [1.54, 1.807) is 0 Å². The van der Waals surface area contributed by atoms with Crippen molar-refractivity contribution in [1.82, 2.24) is 0 Å². The SMILES string of the molecule is CCCCOc1ccc(N=Cc2ccc(OCCC)c3ccccc23)cc1. The second kappa shape index (κ2) is 9.77. The quantitative estimate of drug-likeness (QED) is 0.319. The Morgan fingerprint density at radius 1 is 0.778 bits per heavy atom. The average Bonchev–Trinajstić information content (AvgIpc) is 2.72. The zero-order chi connectivity index (χ0) is 18.9. The van der Waals surface area contributed by atoms with E-state index in [9.17, 15) is 0 Å². The molecule has 0 fully saturated rings. The summed E-state index contributed by atoms with van der Waals surface area (Å²) in [5.74, 6) is 1.82. The lowest BCUT2D eigenvalue weighted by atomic mass is 10.0. The fourth-order valence-electron chi connectivity index (χ4n) is 2.85. The molecule has 0 amide bonds. The molecule has 0 radical (unpaired) electrons. The van der Waals surface area contributed by atoms with Gasteiger partial charge >= 0.3 is 0 Å². The van der Waals surface area contributed by atoms with E-state index < -0.39 is 0 Å². The zero-order valence-electron chi connectivity index (χ0n) is 16.2. The van der Waals surface area contributed by atoms with Crippen LogP contribution in [0.15, 0.2) is 65.7 Å². The minimum Gasteiger partial charge on any atom is -0.494 e. The van der Waals surface area contributed by atoms with Crippen molar-refractivity contribution in [3.8, 4) is 11.5 Å². The largest absolute Gasteiger partial charge is 0.494 e. The van der Waals surface area contributed by atoms with Gasteiger partial charge < -0.3 is 9.47 Å². The summed E-state index contributed by atoms with van der Waals surface area (Å²) >= 11 is 0. The van der Waals surface area contributed by atoms with E-state index in [4.69, 9.17) is 9.47 Å². The maximum atomic E-state index is 5.88. The van der Waals surface area contributed by atoms with E-state index in [0.717, 1.165) is 66.0 Å². The van der Waals surface area contributed by atoms with Gasteiger partial charge in [0, 0.05) is 17.2 Å². The third kappa shape index (κ3) is 5.10. The molecule has 0 aliphatic rings. The van der Waals surface area contributed by atoms with E-state index in [0.29, 0.717) is 0 Å². The smallest absolute Gasteiger partial charge is 0.127 e. The maximum absolute atomic E-state index is 5.88. The molecule has 3 rings (SSSR count). The fourth-order valence-corrected chi connectivity index (χ4v) is 2.85. The summed E-state index contributed by atoms with van der Waals surface area (Å²) in [5, 5.41) is 2.27. The van der Waals surface area contributed by atoms with Crippen LogP contribution in [0, 0.1) is 0 Å². The summed E-state index contributed by atoms with van der Waals surface area (Å²) in [5.41, 5.74) is 1.99. The highest BCUT2D eigenvalue weighted by Gasteiger charge is 2.05. The number of nitrogens with zero attached hydrogens (tertiary/aromatic N) is 1. The van der Waals surface area contributed by atoms with Gasteiger partial charge in [0.15, 0.2) is 0 Å². The third-order valence-corrected chi connectivity index (χ3v) is 4.34. The first-order chi connectivity index (χ1) is 13.3. The van der Waals surface area contributed by atoms with E-state index in [-0.39, 0.29) is 0 Å². The van der Waals surface area contributed by atoms with Crippen molar-refractivity contribution >= 4 is 22.7 Å². The standard InChI is InChI=1S/C24H27NO2/c1-3-5-17-26-21-13-11-20(12-14-21)25-18-19-10-15-24(27-16-4-2)23-9-7-6-8-22(19)23/h6-15,18H,3-5,16-17H2,1-2H3. The van der Waals surface area contributed by atoms with Gasteiger partial charge in [-0.3, -0.25) is 4.99 Å². The molecule has 0 saturated heterocycles. The first-order valence-corrected chi connectivity index (χ1v) is 9.73. The number of fused-ring (bicyclic) bond motifs is 1. The van der Waals surface area contributed by atoms with Gasteiger partial charge in [-0.2, -0.15) is 0 Å². The van der Waals surface area contributed by atoms with Crippen LogP contribution in [0.3, 0.4) is 0 Å². The number of aliphatic imine (C=N–C) groups is 1. The molecule has 0 aliphatic carbocycles. The minimum atomic E-state index is 0.726. The van der Waals surface area contributed by atoms with Crippen molar-refractivity contribution in [2.24, 2.45) is 4.99 Å². The average molecular weight is 361 g/mol. The maximum Gasteiger partial charge on any atom is 0.127 e. The lowest BCUT2D eigenvalue weighted by molar-refractivity contribution is 0.309. The minimum absolute atomic E-state index is 0.726. The summed E-state index contributed by atoms with van der Waals surface area (Å²) in [6, 6.07) is 20.3. The van der Waals surface area contributed by atoms with Crippen molar-refractivity contribution in [3.05, 3.63) is 66.2 Å². The Hall–Kier alpha value is -2.81. The van der Waals surface area contributed by atoms with Crippen molar-refractivity contribution in [3.63, 3.8) is 0 Å². The van der Waals surface area contributed by atoms with Crippen molar-refractivity contribution in [2.45, 2.75) is 33.1 Å². The van der Waals surface area contributed by atoms with Crippen molar-refractivity contribution in [1.29, 1.82) is 0 Å². The molecular weight excluding hydrogens is 334 g/mol. The van der Waals surface area contributed by atoms with Gasteiger partial charge in [0.25, 0.3) is 0 Å². The van der Waals surface area contributed by atoms with Crippen LogP contribution in [0.5, 0.6) is 11.5 Å². The van der Waals surface area contributed by atoms with Crippen LogP contribution in [0.25, 0.3) is 10.8 Å². The van der Waals surface area contributed by atoms with Gasteiger partial charge in [-0.25, -0.2) is 0 Å². The molecule has 3 aromatic carbocycles. The van der Waals surface area contributed by atoms with Crippen LogP contribution in [-0.2, 0) is 0 Å². The molecule has 0 spiro atoms. The molecule has 3 heteroatoms. The fraction of sp³-hybridized carbons (Fsp3) is 0.292. The first-order valence-electron chi connectivity index (χ1n) is 9.73. The number of hydrogen-bond acceptors (Lipinski definition) is 3. The van der Waals surface area contributed by atoms with Crippen LogP contribution in [0.2, 0.25) is 0 Å². The highest BCUT2D eigenvalue weighted by Crippen LogP contribution is 2.28. The highest BCUT2D eigenvalue weighted by atomic mass is 16.5. The second-order valence-electron chi connectivity index (χ2n) is 6.50. The van der Waals surface area contributed by atoms with Crippen LogP contribution < -0.4 is 9.47 Å². The molecular formula is C24H27NO2. The van der Waals surface area contributed by atoms with Gasteiger partial charge in [0.2, 0.25) is 0 Å². The second-order valence-corrected chi connectivity index (χ2v) is 6.50. The van der Waals surface area contributed by atoms with E-state index in [1.807, 2.05) is 48.7 Å². The number of benzene rings is 3. The molecule has 0 bridgehead atoms. The lowest BCUT2D eigenvalue weighted by Crippen LogP contribution is -1.96. The third-order valence-electron chi connectivity index (χ3n) is 4.34. The normalized spacial score (nSPS) is 11.2. The molecule has 0 aliphatic heterocycles. The van der Waals surface area contributed by atoms with Crippen molar-refractivity contribution < 1.29 is 9.47 Å². The van der Waals surface area contributed by atoms with Gasteiger partial charge in [0.05, 0.1) is 18.9 Å². The molecule has 3 nitrogen and oxygen atoms in total. The van der Waals surface area contributed by atoms with Crippen LogP contribution in [-0.4, -0.2) is 19.4 Å². The van der Waals surface area contributed by atoms with Gasteiger partial charge in [0.1, 0.15) is 11.5 Å². The predicted molar refractivity (Wildman–Crippen MR) is 114 cm³/mol. The van der Waals surface area contributed by atoms with Gasteiger partial charge in [-0.15, -0.1) is 0 Å². The Bertz CT molecular complexity index is 885.